The van der Waals surface area contributed by atoms with Crippen LogP contribution in [0.15, 0.2) is 33.5 Å². The van der Waals surface area contributed by atoms with Crippen LogP contribution in [0.1, 0.15) is 16.1 Å². The highest BCUT2D eigenvalue weighted by Crippen LogP contribution is 2.32. The first kappa shape index (κ1) is 17.4. The minimum atomic E-state index is -0.812. The summed E-state index contributed by atoms with van der Waals surface area (Å²) in [7, 11) is 0. The highest BCUT2D eigenvalue weighted by Gasteiger charge is 2.16. The zero-order valence-corrected chi connectivity index (χ0v) is 15.1. The third kappa shape index (κ3) is 4.49. The number of rotatable bonds is 4. The van der Waals surface area contributed by atoms with E-state index in [1.807, 2.05) is 19.1 Å². The van der Waals surface area contributed by atoms with Gasteiger partial charge in [-0.25, -0.2) is 14.8 Å². The number of ether oxygens (including phenoxy) is 1. The standard InChI is InChI=1S/C14H12Br2N4O3/c1-7-4-8(15)11(9(16)5-7)20-10(21)6-23-14(22)12-13(17)19-3-2-18-12/h2-5H,6H2,1H3,(H2,17,19)(H,20,21). The number of amides is 1. The lowest BCUT2D eigenvalue weighted by Gasteiger charge is -2.11. The molecule has 0 saturated heterocycles. The summed E-state index contributed by atoms with van der Waals surface area (Å²) in [5, 5.41) is 2.65. The predicted octanol–water partition coefficient (Wildman–Crippen LogP) is 2.69. The van der Waals surface area contributed by atoms with Gasteiger partial charge in [-0.3, -0.25) is 4.79 Å². The van der Waals surface area contributed by atoms with Gasteiger partial charge in [0.1, 0.15) is 0 Å². The summed E-state index contributed by atoms with van der Waals surface area (Å²) in [6, 6.07) is 3.71. The van der Waals surface area contributed by atoms with Crippen LogP contribution in [-0.4, -0.2) is 28.5 Å². The average molecular weight is 444 g/mol. The second-order valence-corrected chi connectivity index (χ2v) is 6.23. The maximum atomic E-state index is 11.9. The molecule has 120 valence electrons. The molecular weight excluding hydrogens is 432 g/mol. The number of carbonyl (C=O) groups is 2. The van der Waals surface area contributed by atoms with Crippen molar-refractivity contribution in [2.45, 2.75) is 6.92 Å². The molecule has 0 bridgehead atoms. The lowest BCUT2D eigenvalue weighted by atomic mass is 10.2. The number of esters is 1. The van der Waals surface area contributed by atoms with Crippen LogP contribution >= 0.6 is 31.9 Å². The van der Waals surface area contributed by atoms with Crippen molar-refractivity contribution < 1.29 is 14.3 Å². The number of nitrogens with zero attached hydrogens (tertiary/aromatic N) is 2. The number of nitrogens with one attached hydrogen (secondary N) is 1. The van der Waals surface area contributed by atoms with Crippen LogP contribution < -0.4 is 11.1 Å². The number of nitrogens with two attached hydrogens (primary N) is 1. The number of carbonyl (C=O) groups excluding carboxylic acids is 2. The van der Waals surface area contributed by atoms with Crippen molar-refractivity contribution in [2.75, 3.05) is 17.7 Å². The molecule has 0 atom stereocenters. The second-order valence-electron chi connectivity index (χ2n) is 4.52. The fourth-order valence-corrected chi connectivity index (χ4v) is 3.31. The first-order chi connectivity index (χ1) is 10.9. The lowest BCUT2D eigenvalue weighted by Crippen LogP contribution is -2.22. The van der Waals surface area contributed by atoms with Crippen molar-refractivity contribution >= 4 is 55.2 Å². The molecule has 0 fully saturated rings. The summed E-state index contributed by atoms with van der Waals surface area (Å²) < 4.78 is 6.30. The van der Waals surface area contributed by atoms with E-state index < -0.39 is 18.5 Å². The van der Waals surface area contributed by atoms with E-state index in [-0.39, 0.29) is 11.5 Å². The van der Waals surface area contributed by atoms with Gasteiger partial charge < -0.3 is 15.8 Å². The monoisotopic (exact) mass is 442 g/mol. The van der Waals surface area contributed by atoms with E-state index in [0.29, 0.717) is 14.6 Å². The Kier molecular flexibility index (Phi) is 5.67. The molecule has 2 aromatic rings. The number of hydrogen-bond acceptors (Lipinski definition) is 6. The lowest BCUT2D eigenvalue weighted by molar-refractivity contribution is -0.119. The molecule has 0 aliphatic rings. The molecule has 1 heterocycles. The Bertz CT molecular complexity index is 744. The fourth-order valence-electron chi connectivity index (χ4n) is 1.70. The van der Waals surface area contributed by atoms with Gasteiger partial charge in [-0.2, -0.15) is 0 Å². The van der Waals surface area contributed by atoms with Crippen LogP contribution in [0.3, 0.4) is 0 Å². The van der Waals surface area contributed by atoms with Crippen molar-refractivity contribution in [3.05, 3.63) is 44.7 Å². The third-order valence-corrected chi connectivity index (χ3v) is 3.96. The summed E-state index contributed by atoms with van der Waals surface area (Å²) in [5.74, 6) is -1.36. The van der Waals surface area contributed by atoms with Gasteiger partial charge in [-0.15, -0.1) is 0 Å². The number of benzene rings is 1. The zero-order valence-electron chi connectivity index (χ0n) is 12.0. The Labute approximate surface area is 148 Å². The van der Waals surface area contributed by atoms with E-state index in [0.717, 1.165) is 5.56 Å². The molecule has 1 aromatic heterocycles. The minimum absolute atomic E-state index is 0.0538. The number of aryl methyl sites for hydroxylation is 1. The van der Waals surface area contributed by atoms with Crippen LogP contribution in [-0.2, 0) is 9.53 Å². The van der Waals surface area contributed by atoms with Crippen LogP contribution in [0, 0.1) is 6.92 Å². The molecule has 3 N–H and O–H groups in total. The zero-order chi connectivity index (χ0) is 17.0. The highest BCUT2D eigenvalue weighted by atomic mass is 79.9. The van der Waals surface area contributed by atoms with E-state index in [1.54, 1.807) is 0 Å². The van der Waals surface area contributed by atoms with Crippen LogP contribution in [0.5, 0.6) is 0 Å². The van der Waals surface area contributed by atoms with Crippen molar-refractivity contribution in [1.82, 2.24) is 9.97 Å². The topological polar surface area (TPSA) is 107 Å². The molecule has 23 heavy (non-hydrogen) atoms. The van der Waals surface area contributed by atoms with Gasteiger partial charge in [0.25, 0.3) is 5.91 Å². The highest BCUT2D eigenvalue weighted by molar-refractivity contribution is 9.11. The van der Waals surface area contributed by atoms with Gasteiger partial charge >= 0.3 is 5.97 Å². The van der Waals surface area contributed by atoms with Crippen molar-refractivity contribution in [2.24, 2.45) is 0 Å². The minimum Gasteiger partial charge on any atom is -0.451 e. The molecule has 0 spiro atoms. The van der Waals surface area contributed by atoms with Gasteiger partial charge in [0.2, 0.25) is 0 Å². The van der Waals surface area contributed by atoms with E-state index in [1.165, 1.54) is 12.4 Å². The fraction of sp³-hybridized carbons (Fsp3) is 0.143. The summed E-state index contributed by atoms with van der Waals surface area (Å²) in [4.78, 5) is 31.2. The summed E-state index contributed by atoms with van der Waals surface area (Å²) in [5.41, 5.74) is 6.96. The Morgan fingerprint density at radius 3 is 2.43 bits per heavy atom. The molecule has 1 aromatic carbocycles. The molecule has 0 radical (unpaired) electrons. The Morgan fingerprint density at radius 2 is 1.83 bits per heavy atom. The summed E-state index contributed by atoms with van der Waals surface area (Å²) in [6.07, 6.45) is 2.67. The van der Waals surface area contributed by atoms with Crippen molar-refractivity contribution in [3.63, 3.8) is 0 Å². The van der Waals surface area contributed by atoms with Crippen LogP contribution in [0.4, 0.5) is 11.5 Å². The largest absolute Gasteiger partial charge is 0.451 e. The smallest absolute Gasteiger partial charge is 0.361 e. The maximum Gasteiger partial charge on any atom is 0.361 e. The molecule has 0 aliphatic carbocycles. The summed E-state index contributed by atoms with van der Waals surface area (Å²) >= 11 is 6.73. The Hall–Kier alpha value is -2.00. The molecule has 0 saturated carbocycles. The van der Waals surface area contributed by atoms with E-state index in [4.69, 9.17) is 10.5 Å². The normalized spacial score (nSPS) is 10.2. The van der Waals surface area contributed by atoms with E-state index in [9.17, 15) is 9.59 Å². The first-order valence-electron chi connectivity index (χ1n) is 6.37. The van der Waals surface area contributed by atoms with Gasteiger partial charge in [0, 0.05) is 21.3 Å². The number of nitrogen functional groups attached to an aromatic ring is 1. The van der Waals surface area contributed by atoms with Gasteiger partial charge in [-0.05, 0) is 56.5 Å². The Morgan fingerprint density at radius 1 is 1.22 bits per heavy atom. The molecule has 0 aliphatic heterocycles. The van der Waals surface area contributed by atoms with E-state index in [2.05, 4.69) is 47.1 Å². The average Bonchev–Trinajstić information content (AvgIpc) is 2.49. The quantitative estimate of drug-likeness (QED) is 0.703. The van der Waals surface area contributed by atoms with Crippen molar-refractivity contribution in [3.8, 4) is 0 Å². The number of hydrogen-bond donors (Lipinski definition) is 2. The molecule has 7 nitrogen and oxygen atoms in total. The third-order valence-electron chi connectivity index (χ3n) is 2.71. The van der Waals surface area contributed by atoms with Crippen LogP contribution in [0.2, 0.25) is 0 Å². The molecule has 2 rings (SSSR count). The summed E-state index contributed by atoms with van der Waals surface area (Å²) in [6.45, 7) is 1.45. The maximum absolute atomic E-state index is 11.9. The van der Waals surface area contributed by atoms with Gasteiger partial charge in [0.05, 0.1) is 5.69 Å². The first-order valence-corrected chi connectivity index (χ1v) is 7.96. The van der Waals surface area contributed by atoms with Gasteiger partial charge in [-0.1, -0.05) is 0 Å². The van der Waals surface area contributed by atoms with E-state index >= 15 is 0 Å². The predicted molar refractivity (Wildman–Crippen MR) is 91.9 cm³/mol. The second kappa shape index (κ2) is 7.51. The van der Waals surface area contributed by atoms with Crippen molar-refractivity contribution in [1.29, 1.82) is 0 Å². The molecular formula is C14H12Br2N4O3. The SMILES string of the molecule is Cc1cc(Br)c(NC(=O)COC(=O)c2nccnc2N)c(Br)c1. The van der Waals surface area contributed by atoms with Gasteiger partial charge in [0.15, 0.2) is 18.1 Å². The number of anilines is 2. The molecule has 1 amide bonds. The number of aromatic nitrogens is 2. The van der Waals surface area contributed by atoms with Crippen LogP contribution in [0.25, 0.3) is 0 Å². The number of halogens is 2. The Balaban J connectivity index is 1.99. The molecule has 0 unspecified atom stereocenters. The molecule has 9 heteroatoms.